The van der Waals surface area contributed by atoms with Crippen molar-refractivity contribution in [3.8, 4) is 0 Å². The van der Waals surface area contributed by atoms with Crippen molar-refractivity contribution >= 4 is 23.2 Å². The fourth-order valence-corrected chi connectivity index (χ4v) is 2.48. The molecule has 1 aliphatic rings. The molecule has 0 radical (unpaired) electrons. The van der Waals surface area contributed by atoms with Gasteiger partial charge in [0.25, 0.3) is 5.91 Å². The minimum Gasteiger partial charge on any atom is -0.372 e. The zero-order valence-electron chi connectivity index (χ0n) is 13.2. The second-order valence-electron chi connectivity index (χ2n) is 5.54. The molecule has 0 fully saturated rings. The SMILES string of the molecule is C=CCN(CC(F)(F)F)C(=O)c1ccc2c(c1)NC(=O)CCN2C. The van der Waals surface area contributed by atoms with Crippen LogP contribution in [0.2, 0.25) is 0 Å². The third-order valence-electron chi connectivity index (χ3n) is 3.61. The average Bonchev–Trinajstić information content (AvgIpc) is 2.63. The Labute approximate surface area is 137 Å². The van der Waals surface area contributed by atoms with E-state index in [1.165, 1.54) is 18.2 Å². The molecule has 5 nitrogen and oxygen atoms in total. The van der Waals surface area contributed by atoms with Crippen LogP contribution in [-0.4, -0.2) is 49.6 Å². The Balaban J connectivity index is 2.32. The molecule has 1 aromatic carbocycles. The molecule has 0 aromatic heterocycles. The number of halogens is 3. The van der Waals surface area contributed by atoms with Crippen molar-refractivity contribution in [2.45, 2.75) is 12.6 Å². The highest BCUT2D eigenvalue weighted by molar-refractivity contribution is 6.01. The molecule has 2 rings (SSSR count). The number of fused-ring (bicyclic) bond motifs is 1. The summed E-state index contributed by atoms with van der Waals surface area (Å²) >= 11 is 0. The van der Waals surface area contributed by atoms with E-state index in [2.05, 4.69) is 11.9 Å². The number of benzene rings is 1. The van der Waals surface area contributed by atoms with Crippen molar-refractivity contribution in [3.05, 3.63) is 36.4 Å². The molecule has 0 spiro atoms. The number of amides is 2. The zero-order valence-corrected chi connectivity index (χ0v) is 13.2. The molecule has 0 aliphatic carbocycles. The molecule has 0 bridgehead atoms. The molecule has 1 heterocycles. The summed E-state index contributed by atoms with van der Waals surface area (Å²) in [5.74, 6) is -0.973. The summed E-state index contributed by atoms with van der Waals surface area (Å²) in [6.45, 7) is 2.32. The Bertz CT molecular complexity index is 658. The van der Waals surface area contributed by atoms with Gasteiger partial charge in [0.1, 0.15) is 6.54 Å². The van der Waals surface area contributed by atoms with E-state index in [0.29, 0.717) is 29.2 Å². The number of hydrogen-bond donors (Lipinski definition) is 1. The van der Waals surface area contributed by atoms with Gasteiger partial charge in [-0.05, 0) is 18.2 Å². The van der Waals surface area contributed by atoms with Gasteiger partial charge in [0.2, 0.25) is 5.91 Å². The summed E-state index contributed by atoms with van der Waals surface area (Å²) in [7, 11) is 1.80. The molecular formula is C16H18F3N3O2. The molecule has 1 N–H and O–H groups in total. The summed E-state index contributed by atoms with van der Waals surface area (Å²) in [6.07, 6.45) is -2.97. The predicted molar refractivity (Wildman–Crippen MR) is 85.1 cm³/mol. The smallest absolute Gasteiger partial charge is 0.372 e. The van der Waals surface area contributed by atoms with Gasteiger partial charge in [0.05, 0.1) is 11.4 Å². The Hall–Kier alpha value is -2.51. The fraction of sp³-hybridized carbons (Fsp3) is 0.375. The van der Waals surface area contributed by atoms with E-state index in [1.54, 1.807) is 13.1 Å². The second kappa shape index (κ2) is 6.94. The number of nitrogens with one attached hydrogen (secondary N) is 1. The fourth-order valence-electron chi connectivity index (χ4n) is 2.48. The summed E-state index contributed by atoms with van der Waals surface area (Å²) in [5.41, 5.74) is 1.20. The molecule has 0 saturated carbocycles. The van der Waals surface area contributed by atoms with Crippen molar-refractivity contribution in [1.29, 1.82) is 0 Å². The summed E-state index contributed by atoms with van der Waals surface area (Å²) in [4.78, 5) is 26.6. The standard InChI is InChI=1S/C16H18F3N3O2/c1-3-7-22(10-16(17,18)19)15(24)11-4-5-13-12(9-11)20-14(23)6-8-21(13)2/h3-5,9H,1,6-8,10H2,2H3,(H,20,23). The number of carbonyl (C=O) groups excluding carboxylic acids is 2. The summed E-state index contributed by atoms with van der Waals surface area (Å²) < 4.78 is 37.9. The molecule has 130 valence electrons. The van der Waals surface area contributed by atoms with Gasteiger partial charge in [-0.25, -0.2) is 0 Å². The first-order valence-corrected chi connectivity index (χ1v) is 7.33. The van der Waals surface area contributed by atoms with Gasteiger partial charge >= 0.3 is 6.18 Å². The highest BCUT2D eigenvalue weighted by Crippen LogP contribution is 2.29. The lowest BCUT2D eigenvalue weighted by atomic mass is 10.1. The first-order valence-electron chi connectivity index (χ1n) is 7.33. The van der Waals surface area contributed by atoms with Crippen molar-refractivity contribution in [2.75, 3.05) is 36.9 Å². The van der Waals surface area contributed by atoms with Gasteiger partial charge in [0.15, 0.2) is 0 Å². The van der Waals surface area contributed by atoms with E-state index in [4.69, 9.17) is 0 Å². The summed E-state index contributed by atoms with van der Waals surface area (Å²) in [6, 6.07) is 4.49. The topological polar surface area (TPSA) is 52.7 Å². The lowest BCUT2D eigenvalue weighted by molar-refractivity contribution is -0.139. The normalized spacial score (nSPS) is 14.5. The van der Waals surface area contributed by atoms with Crippen LogP contribution in [0.5, 0.6) is 0 Å². The number of hydrogen-bond acceptors (Lipinski definition) is 3. The number of anilines is 2. The highest BCUT2D eigenvalue weighted by atomic mass is 19.4. The van der Waals surface area contributed by atoms with Crippen LogP contribution in [0.4, 0.5) is 24.5 Å². The lowest BCUT2D eigenvalue weighted by Gasteiger charge is -2.24. The van der Waals surface area contributed by atoms with Crippen LogP contribution in [0.15, 0.2) is 30.9 Å². The van der Waals surface area contributed by atoms with E-state index in [1.807, 2.05) is 4.90 Å². The monoisotopic (exact) mass is 341 g/mol. The number of rotatable bonds is 4. The Morgan fingerprint density at radius 1 is 1.46 bits per heavy atom. The summed E-state index contributed by atoms with van der Waals surface area (Å²) in [5, 5.41) is 2.67. The van der Waals surface area contributed by atoms with Gasteiger partial charge in [-0.1, -0.05) is 6.08 Å². The van der Waals surface area contributed by atoms with Gasteiger partial charge < -0.3 is 15.1 Å². The molecule has 1 aromatic rings. The van der Waals surface area contributed by atoms with Gasteiger partial charge in [-0.2, -0.15) is 13.2 Å². The minimum absolute atomic E-state index is 0.0791. The van der Waals surface area contributed by atoms with Gasteiger partial charge in [-0.3, -0.25) is 9.59 Å². The molecule has 0 unspecified atom stereocenters. The number of nitrogens with zero attached hydrogens (tertiary/aromatic N) is 2. The highest BCUT2D eigenvalue weighted by Gasteiger charge is 2.33. The zero-order chi connectivity index (χ0) is 17.9. The number of carbonyl (C=O) groups is 2. The lowest BCUT2D eigenvalue weighted by Crippen LogP contribution is -2.39. The minimum atomic E-state index is -4.50. The maximum atomic E-state index is 12.6. The van der Waals surface area contributed by atoms with Crippen LogP contribution in [0.25, 0.3) is 0 Å². The van der Waals surface area contributed by atoms with Crippen LogP contribution in [0.3, 0.4) is 0 Å². The third-order valence-corrected chi connectivity index (χ3v) is 3.61. The second-order valence-corrected chi connectivity index (χ2v) is 5.54. The van der Waals surface area contributed by atoms with Crippen molar-refractivity contribution in [2.24, 2.45) is 0 Å². The molecule has 2 amide bonds. The van der Waals surface area contributed by atoms with Crippen LogP contribution in [-0.2, 0) is 4.79 Å². The van der Waals surface area contributed by atoms with E-state index in [9.17, 15) is 22.8 Å². The molecule has 8 heteroatoms. The van der Waals surface area contributed by atoms with Crippen LogP contribution in [0, 0.1) is 0 Å². The van der Waals surface area contributed by atoms with E-state index in [-0.39, 0.29) is 18.0 Å². The largest absolute Gasteiger partial charge is 0.406 e. The number of alkyl halides is 3. The Kier molecular flexibility index (Phi) is 5.16. The molecular weight excluding hydrogens is 323 g/mol. The van der Waals surface area contributed by atoms with E-state index >= 15 is 0 Å². The average molecular weight is 341 g/mol. The first-order chi connectivity index (χ1) is 11.2. The van der Waals surface area contributed by atoms with E-state index in [0.717, 1.165) is 0 Å². The molecule has 0 atom stereocenters. The Morgan fingerprint density at radius 2 is 2.17 bits per heavy atom. The van der Waals surface area contributed by atoms with Crippen LogP contribution in [0.1, 0.15) is 16.8 Å². The molecule has 0 saturated heterocycles. The first kappa shape index (κ1) is 17.8. The van der Waals surface area contributed by atoms with Crippen molar-refractivity contribution < 1.29 is 22.8 Å². The van der Waals surface area contributed by atoms with Crippen LogP contribution < -0.4 is 10.2 Å². The maximum absolute atomic E-state index is 12.6. The van der Waals surface area contributed by atoms with Crippen LogP contribution >= 0.6 is 0 Å². The van der Waals surface area contributed by atoms with E-state index < -0.39 is 18.6 Å². The van der Waals surface area contributed by atoms with Gasteiger partial charge in [0, 0.05) is 32.1 Å². The quantitative estimate of drug-likeness (QED) is 0.857. The van der Waals surface area contributed by atoms with Gasteiger partial charge in [-0.15, -0.1) is 6.58 Å². The van der Waals surface area contributed by atoms with Crippen molar-refractivity contribution in [3.63, 3.8) is 0 Å². The maximum Gasteiger partial charge on any atom is 0.406 e. The van der Waals surface area contributed by atoms with Crippen molar-refractivity contribution in [1.82, 2.24) is 4.90 Å². The molecule has 1 aliphatic heterocycles. The predicted octanol–water partition coefficient (Wildman–Crippen LogP) is 2.66. The Morgan fingerprint density at radius 3 is 2.79 bits per heavy atom. The molecule has 24 heavy (non-hydrogen) atoms. The third kappa shape index (κ3) is 4.27.